The molecule has 2 aliphatic rings. The number of hydrogen-bond donors (Lipinski definition) is 3. The van der Waals surface area contributed by atoms with Crippen molar-refractivity contribution in [2.75, 3.05) is 11.4 Å². The standard InChI is InChI=1S/C19H18F3N5OS/c20-19(21,22)12-3-6-23-13(8-12)16-11(2-1-5-24-16)9-27-14-4-7-25-17(14)18(28)26-15(27)10-29/h1-2,4-5,7,12-13,23,25H,3,6,8-9H2,(H,26,28). The summed E-state index contributed by atoms with van der Waals surface area (Å²) < 4.78 is 39.7. The molecule has 0 aliphatic carbocycles. The quantitative estimate of drug-likeness (QED) is 0.664. The summed E-state index contributed by atoms with van der Waals surface area (Å²) >= 11 is 4.93. The molecule has 29 heavy (non-hydrogen) atoms. The molecule has 10 heteroatoms. The van der Waals surface area contributed by atoms with E-state index in [4.69, 9.17) is 12.2 Å². The van der Waals surface area contributed by atoms with Crippen molar-refractivity contribution in [3.63, 3.8) is 0 Å². The van der Waals surface area contributed by atoms with Crippen molar-refractivity contribution in [2.45, 2.75) is 31.6 Å². The number of nitrogens with zero attached hydrogens (tertiary/aromatic N) is 2. The fraction of sp³-hybridized carbons (Fsp3) is 0.368. The van der Waals surface area contributed by atoms with Crippen LogP contribution in [0.2, 0.25) is 0 Å². The van der Waals surface area contributed by atoms with Crippen molar-refractivity contribution >= 4 is 28.8 Å². The third-order valence-corrected chi connectivity index (χ3v) is 5.49. The molecule has 0 radical (unpaired) electrons. The summed E-state index contributed by atoms with van der Waals surface area (Å²) in [5.74, 6) is -1.36. The van der Waals surface area contributed by atoms with Crippen LogP contribution in [-0.2, 0) is 6.54 Å². The van der Waals surface area contributed by atoms with Gasteiger partial charge in [-0.3, -0.25) is 15.1 Å². The van der Waals surface area contributed by atoms with Crippen LogP contribution in [0.5, 0.6) is 0 Å². The Morgan fingerprint density at radius 3 is 2.93 bits per heavy atom. The highest BCUT2D eigenvalue weighted by Crippen LogP contribution is 2.39. The summed E-state index contributed by atoms with van der Waals surface area (Å²) in [5, 5.41) is 8.40. The fourth-order valence-corrected chi connectivity index (χ4v) is 4.02. The van der Waals surface area contributed by atoms with E-state index in [1.807, 2.05) is 6.07 Å². The zero-order valence-electron chi connectivity index (χ0n) is 15.2. The monoisotopic (exact) mass is 421 g/mol. The largest absolute Gasteiger partial charge is 0.391 e. The molecular weight excluding hydrogens is 403 g/mol. The number of alkyl halides is 3. The molecule has 1 amide bonds. The third-order valence-electron chi connectivity index (χ3n) is 5.29. The first kappa shape index (κ1) is 19.6. The van der Waals surface area contributed by atoms with Gasteiger partial charge < -0.3 is 15.2 Å². The van der Waals surface area contributed by atoms with Gasteiger partial charge in [0.1, 0.15) is 5.69 Å². The lowest BCUT2D eigenvalue weighted by Crippen LogP contribution is -2.42. The topological polar surface area (TPSA) is 73.1 Å². The number of carbonyl (C=O) groups is 1. The Morgan fingerprint density at radius 1 is 1.34 bits per heavy atom. The summed E-state index contributed by atoms with van der Waals surface area (Å²) in [6, 6.07) is 4.81. The van der Waals surface area contributed by atoms with Gasteiger partial charge in [-0.2, -0.15) is 13.2 Å². The van der Waals surface area contributed by atoms with Crippen molar-refractivity contribution in [1.29, 1.82) is 0 Å². The van der Waals surface area contributed by atoms with Crippen LogP contribution in [0.3, 0.4) is 0 Å². The maximum atomic E-state index is 13.2. The first-order valence-corrected chi connectivity index (χ1v) is 9.54. The number of amides is 1. The lowest BCUT2D eigenvalue weighted by Gasteiger charge is -2.34. The van der Waals surface area contributed by atoms with Crippen molar-refractivity contribution in [1.82, 2.24) is 20.6 Å². The van der Waals surface area contributed by atoms with E-state index < -0.39 is 18.1 Å². The lowest BCUT2D eigenvalue weighted by molar-refractivity contribution is -0.183. The second-order valence-electron chi connectivity index (χ2n) is 7.05. The van der Waals surface area contributed by atoms with Crippen molar-refractivity contribution in [3.05, 3.63) is 53.4 Å². The van der Waals surface area contributed by atoms with Gasteiger partial charge >= 0.3 is 6.18 Å². The average molecular weight is 421 g/mol. The molecule has 6 nitrogen and oxygen atoms in total. The predicted molar refractivity (Wildman–Crippen MR) is 104 cm³/mol. The first-order valence-electron chi connectivity index (χ1n) is 9.13. The van der Waals surface area contributed by atoms with E-state index in [2.05, 4.69) is 25.6 Å². The van der Waals surface area contributed by atoms with Crippen molar-refractivity contribution < 1.29 is 18.0 Å². The Balaban J connectivity index is 1.65. The minimum Gasteiger partial charge on any atom is -0.355 e. The molecule has 1 fully saturated rings. The molecule has 2 aromatic heterocycles. The van der Waals surface area contributed by atoms with E-state index in [0.29, 0.717) is 22.9 Å². The van der Waals surface area contributed by atoms with Crippen molar-refractivity contribution in [3.8, 4) is 0 Å². The highest BCUT2D eigenvalue weighted by atomic mass is 32.1. The highest BCUT2D eigenvalue weighted by Gasteiger charge is 2.43. The fourth-order valence-electron chi connectivity index (χ4n) is 3.86. The number of H-pyrrole nitrogens is 1. The molecule has 152 valence electrons. The van der Waals surface area contributed by atoms with Gasteiger partial charge in [-0.25, -0.2) is 0 Å². The van der Waals surface area contributed by atoms with E-state index in [-0.39, 0.29) is 31.8 Å². The number of aromatic amines is 1. The molecule has 2 atom stereocenters. The third kappa shape index (κ3) is 3.78. The normalized spacial score (nSPS) is 22.1. The summed E-state index contributed by atoms with van der Waals surface area (Å²) in [6.07, 6.45) is -1.00. The van der Waals surface area contributed by atoms with E-state index in [1.54, 1.807) is 29.4 Å². The number of rotatable bonds is 3. The zero-order chi connectivity index (χ0) is 20.6. The van der Waals surface area contributed by atoms with Crippen LogP contribution in [0, 0.1) is 5.92 Å². The summed E-state index contributed by atoms with van der Waals surface area (Å²) in [5.41, 5.74) is 2.33. The summed E-state index contributed by atoms with van der Waals surface area (Å²) in [4.78, 5) is 21.2. The first-order chi connectivity index (χ1) is 13.9. The van der Waals surface area contributed by atoms with Crippen LogP contribution in [-0.4, -0.2) is 33.6 Å². The van der Waals surface area contributed by atoms with Crippen LogP contribution in [0.25, 0.3) is 0 Å². The van der Waals surface area contributed by atoms with Gasteiger partial charge in [-0.1, -0.05) is 6.07 Å². The van der Waals surface area contributed by atoms with Gasteiger partial charge in [0, 0.05) is 12.4 Å². The maximum Gasteiger partial charge on any atom is 0.391 e. The molecule has 2 aliphatic heterocycles. The SMILES string of the molecule is O=C1NC(=C=S)N(Cc2cccnc2C2CC(C(F)(F)F)CCN2)c2cc[nH]c21. The molecule has 2 aromatic rings. The lowest BCUT2D eigenvalue weighted by atomic mass is 9.89. The van der Waals surface area contributed by atoms with Crippen LogP contribution in [0.1, 0.15) is 40.6 Å². The summed E-state index contributed by atoms with van der Waals surface area (Å²) in [7, 11) is 0. The van der Waals surface area contributed by atoms with Crippen LogP contribution >= 0.6 is 12.2 Å². The van der Waals surface area contributed by atoms with Gasteiger partial charge in [-0.15, -0.1) is 0 Å². The number of aromatic nitrogens is 2. The molecule has 0 spiro atoms. The van der Waals surface area contributed by atoms with Crippen LogP contribution in [0.4, 0.5) is 18.9 Å². The minimum absolute atomic E-state index is 0.0600. The number of piperidine rings is 1. The van der Waals surface area contributed by atoms with E-state index in [1.165, 1.54) is 0 Å². The van der Waals surface area contributed by atoms with E-state index in [9.17, 15) is 18.0 Å². The predicted octanol–water partition coefficient (Wildman–Crippen LogP) is 3.20. The number of pyridine rings is 1. The number of fused-ring (bicyclic) bond motifs is 1. The number of thiocarbonyl (C=S) groups is 1. The van der Waals surface area contributed by atoms with Gasteiger partial charge in [-0.05, 0) is 54.3 Å². The molecule has 3 N–H and O–H groups in total. The number of nitrogens with one attached hydrogen (secondary N) is 3. The van der Waals surface area contributed by atoms with Crippen molar-refractivity contribution in [2.24, 2.45) is 5.92 Å². The maximum absolute atomic E-state index is 13.2. The molecule has 0 saturated carbocycles. The van der Waals surface area contributed by atoms with Gasteiger partial charge in [0.2, 0.25) is 0 Å². The number of anilines is 1. The molecule has 0 bridgehead atoms. The molecule has 2 unspecified atom stereocenters. The Kier molecular flexibility index (Phi) is 5.16. The Morgan fingerprint density at radius 2 is 2.17 bits per heavy atom. The van der Waals surface area contributed by atoms with Crippen LogP contribution < -0.4 is 15.5 Å². The minimum atomic E-state index is -4.22. The smallest absolute Gasteiger partial charge is 0.355 e. The van der Waals surface area contributed by atoms with Gasteiger partial charge in [0.05, 0.1) is 29.9 Å². The Bertz CT molecular complexity index is 982. The zero-order valence-corrected chi connectivity index (χ0v) is 16.0. The number of carbonyl (C=O) groups excluding carboxylic acids is 1. The summed E-state index contributed by atoms with van der Waals surface area (Å²) in [6.45, 7) is 0.555. The molecule has 4 heterocycles. The van der Waals surface area contributed by atoms with Crippen LogP contribution in [0.15, 0.2) is 36.4 Å². The number of hydrogen-bond acceptors (Lipinski definition) is 5. The Labute approximate surface area is 170 Å². The average Bonchev–Trinajstić information content (AvgIpc) is 3.20. The highest BCUT2D eigenvalue weighted by molar-refractivity contribution is 7.78. The van der Waals surface area contributed by atoms with Gasteiger partial charge in [0.15, 0.2) is 5.82 Å². The molecular formula is C19H18F3N5OS. The molecule has 1 saturated heterocycles. The van der Waals surface area contributed by atoms with E-state index in [0.717, 1.165) is 5.56 Å². The Hall–Kier alpha value is -2.68. The second kappa shape index (κ2) is 7.62. The molecule has 0 aromatic carbocycles. The second-order valence-corrected chi connectivity index (χ2v) is 7.25. The molecule has 4 rings (SSSR count). The van der Waals surface area contributed by atoms with Gasteiger partial charge in [0.25, 0.3) is 5.91 Å². The van der Waals surface area contributed by atoms with E-state index >= 15 is 0 Å². The number of halogens is 3.